The zero-order chi connectivity index (χ0) is 11.2. The Morgan fingerprint density at radius 3 is 2.50 bits per heavy atom. The molecular weight excluding hydrogens is 200 g/mol. The fourth-order valence-corrected chi connectivity index (χ4v) is 2.88. The molecule has 1 aromatic rings. The molecule has 0 spiro atoms. The van der Waals surface area contributed by atoms with Crippen molar-refractivity contribution in [3.05, 3.63) is 11.6 Å². The smallest absolute Gasteiger partial charge is 0.153 e. The van der Waals surface area contributed by atoms with Crippen LogP contribution in [0.2, 0.25) is 0 Å². The summed E-state index contributed by atoms with van der Waals surface area (Å²) >= 11 is 0. The lowest BCUT2D eigenvalue weighted by Crippen LogP contribution is -2.41. The average Bonchev–Trinajstić information content (AvgIpc) is 3.03. The summed E-state index contributed by atoms with van der Waals surface area (Å²) in [6, 6.07) is 0.632. The van der Waals surface area contributed by atoms with Crippen LogP contribution in [0.15, 0.2) is 0 Å². The van der Waals surface area contributed by atoms with Crippen LogP contribution in [0.25, 0.3) is 0 Å². The molecule has 0 amide bonds. The van der Waals surface area contributed by atoms with E-state index in [9.17, 15) is 0 Å². The second-order valence-corrected chi connectivity index (χ2v) is 5.39. The van der Waals surface area contributed by atoms with Crippen LogP contribution in [0.5, 0.6) is 0 Å². The molecule has 2 saturated carbocycles. The molecule has 2 aliphatic rings. The number of hydrogen-bond donors (Lipinski definition) is 1. The number of aromatic nitrogens is 3. The van der Waals surface area contributed by atoms with Gasteiger partial charge in [-0.1, -0.05) is 19.3 Å². The molecule has 2 aliphatic carbocycles. The van der Waals surface area contributed by atoms with Gasteiger partial charge in [-0.2, -0.15) is 0 Å². The summed E-state index contributed by atoms with van der Waals surface area (Å²) in [7, 11) is 0. The Balaban J connectivity index is 1.98. The molecule has 2 fully saturated rings. The highest BCUT2D eigenvalue weighted by molar-refractivity contribution is 5.12. The molecule has 0 radical (unpaired) electrons. The first-order valence-electron chi connectivity index (χ1n) is 6.41. The van der Waals surface area contributed by atoms with E-state index in [2.05, 4.69) is 14.8 Å². The summed E-state index contributed by atoms with van der Waals surface area (Å²) in [5.41, 5.74) is 6.33. The van der Waals surface area contributed by atoms with Crippen LogP contribution in [-0.4, -0.2) is 14.8 Å². The van der Waals surface area contributed by atoms with E-state index in [1.54, 1.807) is 0 Å². The van der Waals surface area contributed by atoms with Crippen LogP contribution in [-0.2, 0) is 5.54 Å². The van der Waals surface area contributed by atoms with E-state index in [1.807, 2.05) is 6.92 Å². The molecule has 0 bridgehead atoms. The Labute approximate surface area is 96.2 Å². The maximum Gasteiger partial charge on any atom is 0.153 e. The fraction of sp³-hybridized carbons (Fsp3) is 0.833. The molecule has 3 rings (SSSR count). The monoisotopic (exact) mass is 220 g/mol. The van der Waals surface area contributed by atoms with Gasteiger partial charge in [0.15, 0.2) is 5.82 Å². The van der Waals surface area contributed by atoms with E-state index in [1.165, 1.54) is 32.1 Å². The van der Waals surface area contributed by atoms with Crippen LogP contribution < -0.4 is 5.73 Å². The highest BCUT2D eigenvalue weighted by atomic mass is 15.3. The third kappa shape index (κ3) is 1.56. The summed E-state index contributed by atoms with van der Waals surface area (Å²) in [6.07, 6.45) is 8.44. The van der Waals surface area contributed by atoms with E-state index >= 15 is 0 Å². The largest absolute Gasteiger partial charge is 0.319 e. The van der Waals surface area contributed by atoms with Gasteiger partial charge in [0, 0.05) is 6.04 Å². The number of aryl methyl sites for hydroxylation is 1. The maximum atomic E-state index is 6.54. The number of nitrogens with two attached hydrogens (primary N) is 1. The molecule has 0 atom stereocenters. The average molecular weight is 220 g/mol. The van der Waals surface area contributed by atoms with Crippen LogP contribution in [0.1, 0.15) is 62.6 Å². The van der Waals surface area contributed by atoms with E-state index in [-0.39, 0.29) is 5.54 Å². The minimum Gasteiger partial charge on any atom is -0.319 e. The van der Waals surface area contributed by atoms with Crippen molar-refractivity contribution in [2.24, 2.45) is 5.73 Å². The molecule has 0 unspecified atom stereocenters. The van der Waals surface area contributed by atoms with Crippen molar-refractivity contribution < 1.29 is 0 Å². The number of rotatable bonds is 2. The van der Waals surface area contributed by atoms with Gasteiger partial charge >= 0.3 is 0 Å². The van der Waals surface area contributed by atoms with Crippen LogP contribution >= 0.6 is 0 Å². The minimum absolute atomic E-state index is 0.206. The number of hydrogen-bond acceptors (Lipinski definition) is 3. The molecule has 4 heteroatoms. The Morgan fingerprint density at radius 2 is 1.88 bits per heavy atom. The molecule has 88 valence electrons. The van der Waals surface area contributed by atoms with Gasteiger partial charge in [0.05, 0.1) is 5.54 Å². The maximum absolute atomic E-state index is 6.54. The molecular formula is C12H20N4. The lowest BCUT2D eigenvalue weighted by atomic mass is 9.82. The van der Waals surface area contributed by atoms with Gasteiger partial charge in [-0.3, -0.25) is 0 Å². The standard InChI is InChI=1S/C12H20N4/c1-9-14-15-11(16(9)10-5-6-10)12(13)7-3-2-4-8-12/h10H,2-8,13H2,1H3. The third-order valence-corrected chi connectivity index (χ3v) is 3.97. The molecule has 1 aromatic heterocycles. The molecule has 0 aromatic carbocycles. The summed E-state index contributed by atoms with van der Waals surface area (Å²) in [5.74, 6) is 2.08. The van der Waals surface area contributed by atoms with Crippen molar-refractivity contribution in [3.63, 3.8) is 0 Å². The summed E-state index contributed by atoms with van der Waals surface area (Å²) in [4.78, 5) is 0. The minimum atomic E-state index is -0.206. The summed E-state index contributed by atoms with van der Waals surface area (Å²) in [6.45, 7) is 2.04. The second-order valence-electron chi connectivity index (χ2n) is 5.39. The third-order valence-electron chi connectivity index (χ3n) is 3.97. The zero-order valence-electron chi connectivity index (χ0n) is 9.95. The Kier molecular flexibility index (Phi) is 2.28. The van der Waals surface area contributed by atoms with Gasteiger partial charge in [-0.15, -0.1) is 10.2 Å². The molecule has 0 saturated heterocycles. The molecule has 4 nitrogen and oxygen atoms in total. The first kappa shape index (κ1) is 10.3. The molecule has 1 heterocycles. The Hall–Kier alpha value is -0.900. The summed E-state index contributed by atoms with van der Waals surface area (Å²) < 4.78 is 2.30. The van der Waals surface area contributed by atoms with Crippen LogP contribution in [0, 0.1) is 6.92 Å². The van der Waals surface area contributed by atoms with Crippen molar-refractivity contribution in [2.45, 2.75) is 63.5 Å². The van der Waals surface area contributed by atoms with Crippen molar-refractivity contribution in [3.8, 4) is 0 Å². The zero-order valence-corrected chi connectivity index (χ0v) is 9.95. The van der Waals surface area contributed by atoms with E-state index < -0.39 is 0 Å². The van der Waals surface area contributed by atoms with E-state index in [0.717, 1.165) is 24.5 Å². The lowest BCUT2D eigenvalue weighted by molar-refractivity contribution is 0.276. The van der Waals surface area contributed by atoms with Gasteiger partial charge in [0.1, 0.15) is 5.82 Å². The quantitative estimate of drug-likeness (QED) is 0.829. The normalized spacial score (nSPS) is 24.6. The summed E-state index contributed by atoms with van der Waals surface area (Å²) in [5, 5.41) is 8.59. The van der Waals surface area contributed by atoms with Gasteiger partial charge in [-0.05, 0) is 32.6 Å². The first-order chi connectivity index (χ1) is 7.71. The van der Waals surface area contributed by atoms with E-state index in [4.69, 9.17) is 5.73 Å². The van der Waals surface area contributed by atoms with Crippen molar-refractivity contribution in [1.82, 2.24) is 14.8 Å². The first-order valence-corrected chi connectivity index (χ1v) is 6.41. The van der Waals surface area contributed by atoms with Crippen molar-refractivity contribution >= 4 is 0 Å². The Morgan fingerprint density at radius 1 is 1.19 bits per heavy atom. The predicted octanol–water partition coefficient (Wildman–Crippen LogP) is 2.04. The second kappa shape index (κ2) is 3.55. The molecule has 16 heavy (non-hydrogen) atoms. The van der Waals surface area contributed by atoms with Gasteiger partial charge < -0.3 is 10.3 Å². The molecule has 2 N–H and O–H groups in total. The predicted molar refractivity (Wildman–Crippen MR) is 62.0 cm³/mol. The topological polar surface area (TPSA) is 56.7 Å². The van der Waals surface area contributed by atoms with Gasteiger partial charge in [0.25, 0.3) is 0 Å². The molecule has 0 aliphatic heterocycles. The SMILES string of the molecule is Cc1nnc(C2(N)CCCCC2)n1C1CC1. The van der Waals surface area contributed by atoms with Gasteiger partial charge in [0.2, 0.25) is 0 Å². The fourth-order valence-electron chi connectivity index (χ4n) is 2.88. The van der Waals surface area contributed by atoms with Crippen molar-refractivity contribution in [1.29, 1.82) is 0 Å². The highest BCUT2D eigenvalue weighted by Gasteiger charge is 2.38. The highest BCUT2D eigenvalue weighted by Crippen LogP contribution is 2.41. The van der Waals surface area contributed by atoms with Crippen LogP contribution in [0.4, 0.5) is 0 Å². The Bertz CT molecular complexity index is 386. The van der Waals surface area contributed by atoms with Crippen molar-refractivity contribution in [2.75, 3.05) is 0 Å². The van der Waals surface area contributed by atoms with Gasteiger partial charge in [-0.25, -0.2) is 0 Å². The van der Waals surface area contributed by atoms with E-state index in [0.29, 0.717) is 6.04 Å². The lowest BCUT2D eigenvalue weighted by Gasteiger charge is -2.32. The van der Waals surface area contributed by atoms with Crippen LogP contribution in [0.3, 0.4) is 0 Å². The number of nitrogens with zero attached hydrogens (tertiary/aromatic N) is 3.